The van der Waals surface area contributed by atoms with E-state index in [-0.39, 0.29) is 17.5 Å². The lowest BCUT2D eigenvalue weighted by atomic mass is 10.1. The SMILES string of the molecule is CCc1ccc(NC2=C(Sc3ccccc3)C(=O)N(c3ccc(OC)cc3)C2=O)cc1. The van der Waals surface area contributed by atoms with Crippen molar-refractivity contribution in [3.05, 3.63) is 95.0 Å². The number of amides is 2. The number of ether oxygens (including phenoxy) is 1. The molecule has 5 nitrogen and oxygen atoms in total. The summed E-state index contributed by atoms with van der Waals surface area (Å²) in [7, 11) is 1.57. The van der Waals surface area contributed by atoms with Crippen molar-refractivity contribution in [1.29, 1.82) is 0 Å². The van der Waals surface area contributed by atoms with Crippen molar-refractivity contribution >= 4 is 35.0 Å². The van der Waals surface area contributed by atoms with Crippen LogP contribution in [0.25, 0.3) is 0 Å². The van der Waals surface area contributed by atoms with Crippen molar-refractivity contribution in [3.8, 4) is 5.75 Å². The highest BCUT2D eigenvalue weighted by molar-refractivity contribution is 8.04. The first-order chi connectivity index (χ1) is 15.1. The summed E-state index contributed by atoms with van der Waals surface area (Å²) < 4.78 is 5.19. The fourth-order valence-corrected chi connectivity index (χ4v) is 4.20. The van der Waals surface area contributed by atoms with Crippen molar-refractivity contribution in [2.24, 2.45) is 0 Å². The topological polar surface area (TPSA) is 58.6 Å². The van der Waals surface area contributed by atoms with Gasteiger partial charge in [-0.25, -0.2) is 4.90 Å². The second kappa shape index (κ2) is 9.10. The van der Waals surface area contributed by atoms with Gasteiger partial charge in [0.1, 0.15) is 16.4 Å². The molecular weight excluding hydrogens is 408 g/mol. The van der Waals surface area contributed by atoms with E-state index in [4.69, 9.17) is 4.74 Å². The number of hydrogen-bond donors (Lipinski definition) is 1. The molecule has 2 amide bonds. The van der Waals surface area contributed by atoms with Crippen molar-refractivity contribution in [2.45, 2.75) is 18.2 Å². The molecule has 1 aliphatic rings. The van der Waals surface area contributed by atoms with E-state index in [0.29, 0.717) is 16.3 Å². The van der Waals surface area contributed by atoms with E-state index < -0.39 is 0 Å². The summed E-state index contributed by atoms with van der Waals surface area (Å²) in [5.41, 5.74) is 2.74. The highest BCUT2D eigenvalue weighted by Gasteiger charge is 2.40. The summed E-state index contributed by atoms with van der Waals surface area (Å²) in [6.07, 6.45) is 0.931. The number of rotatable bonds is 7. The molecule has 3 aromatic rings. The minimum absolute atomic E-state index is 0.277. The molecule has 1 N–H and O–H groups in total. The first-order valence-corrected chi connectivity index (χ1v) is 10.8. The molecule has 0 fully saturated rings. The van der Waals surface area contributed by atoms with Crippen molar-refractivity contribution < 1.29 is 14.3 Å². The Balaban J connectivity index is 1.70. The van der Waals surface area contributed by atoms with Gasteiger partial charge in [0.05, 0.1) is 12.8 Å². The normalized spacial score (nSPS) is 13.7. The van der Waals surface area contributed by atoms with E-state index in [1.165, 1.54) is 22.2 Å². The predicted molar refractivity (Wildman–Crippen MR) is 124 cm³/mol. The summed E-state index contributed by atoms with van der Waals surface area (Å²) in [6, 6.07) is 24.3. The first kappa shape index (κ1) is 20.8. The summed E-state index contributed by atoms with van der Waals surface area (Å²) in [5.74, 6) is -0.0751. The van der Waals surface area contributed by atoms with E-state index in [1.54, 1.807) is 31.4 Å². The average molecular weight is 431 g/mol. The maximum Gasteiger partial charge on any atom is 0.283 e. The van der Waals surface area contributed by atoms with Crippen molar-refractivity contribution in [1.82, 2.24) is 0 Å². The van der Waals surface area contributed by atoms with E-state index >= 15 is 0 Å². The predicted octanol–water partition coefficient (Wildman–Crippen LogP) is 5.25. The Kier molecular flexibility index (Phi) is 6.09. The number of nitrogens with one attached hydrogen (secondary N) is 1. The number of carbonyl (C=O) groups excluding carboxylic acids is 2. The Hall–Kier alpha value is -3.51. The maximum absolute atomic E-state index is 13.3. The van der Waals surface area contributed by atoms with Crippen LogP contribution in [0.5, 0.6) is 5.75 Å². The van der Waals surface area contributed by atoms with Crippen LogP contribution in [0.3, 0.4) is 0 Å². The van der Waals surface area contributed by atoms with Gasteiger partial charge in [-0.15, -0.1) is 0 Å². The molecule has 1 aliphatic heterocycles. The number of aryl methyl sites for hydroxylation is 1. The van der Waals surface area contributed by atoms with Gasteiger partial charge in [-0.1, -0.05) is 49.0 Å². The molecule has 156 valence electrons. The number of thioether (sulfide) groups is 1. The van der Waals surface area contributed by atoms with Gasteiger partial charge in [0, 0.05) is 10.6 Å². The van der Waals surface area contributed by atoms with Gasteiger partial charge in [0.2, 0.25) is 0 Å². The van der Waals surface area contributed by atoms with Crippen LogP contribution < -0.4 is 15.0 Å². The Bertz CT molecular complexity index is 1120. The second-order valence-corrected chi connectivity index (χ2v) is 8.02. The molecule has 0 radical (unpaired) electrons. The Morgan fingerprint density at radius 1 is 0.871 bits per heavy atom. The van der Waals surface area contributed by atoms with Crippen LogP contribution in [0, 0.1) is 0 Å². The minimum atomic E-state index is -0.381. The zero-order valence-corrected chi connectivity index (χ0v) is 18.1. The third-order valence-electron chi connectivity index (χ3n) is 4.97. The van der Waals surface area contributed by atoms with Crippen LogP contribution in [0.15, 0.2) is 94.4 Å². The third-order valence-corrected chi connectivity index (χ3v) is 6.06. The van der Waals surface area contributed by atoms with Crippen molar-refractivity contribution in [3.63, 3.8) is 0 Å². The summed E-state index contributed by atoms with van der Waals surface area (Å²) >= 11 is 1.28. The largest absolute Gasteiger partial charge is 0.497 e. The number of nitrogens with zero attached hydrogens (tertiary/aromatic N) is 1. The van der Waals surface area contributed by atoms with Gasteiger partial charge in [-0.3, -0.25) is 9.59 Å². The molecule has 3 aromatic carbocycles. The van der Waals surface area contributed by atoms with Crippen molar-refractivity contribution in [2.75, 3.05) is 17.3 Å². The number of methoxy groups -OCH3 is 1. The monoisotopic (exact) mass is 430 g/mol. The Morgan fingerprint density at radius 3 is 2.16 bits per heavy atom. The van der Waals surface area contributed by atoms with Crippen LogP contribution in [-0.4, -0.2) is 18.9 Å². The van der Waals surface area contributed by atoms with Crippen LogP contribution >= 0.6 is 11.8 Å². The maximum atomic E-state index is 13.3. The van der Waals surface area contributed by atoms with Crippen LogP contribution in [0.2, 0.25) is 0 Å². The highest BCUT2D eigenvalue weighted by atomic mass is 32.2. The van der Waals surface area contributed by atoms with Crippen LogP contribution in [0.1, 0.15) is 12.5 Å². The second-order valence-electron chi connectivity index (χ2n) is 6.94. The Labute approximate surface area is 185 Å². The zero-order chi connectivity index (χ0) is 21.8. The number of carbonyl (C=O) groups is 2. The number of benzene rings is 3. The lowest BCUT2D eigenvalue weighted by Gasteiger charge is -2.15. The van der Waals surface area contributed by atoms with Gasteiger partial charge in [0.25, 0.3) is 11.8 Å². The zero-order valence-electron chi connectivity index (χ0n) is 17.3. The molecule has 0 atom stereocenters. The molecule has 0 spiro atoms. The molecule has 31 heavy (non-hydrogen) atoms. The molecule has 0 saturated carbocycles. The molecule has 1 heterocycles. The van der Waals surface area contributed by atoms with E-state index in [9.17, 15) is 9.59 Å². The molecule has 0 saturated heterocycles. The van der Waals surface area contributed by atoms with Gasteiger partial charge in [0.15, 0.2) is 0 Å². The van der Waals surface area contributed by atoms with Gasteiger partial charge in [-0.2, -0.15) is 0 Å². The smallest absolute Gasteiger partial charge is 0.283 e. The van der Waals surface area contributed by atoms with E-state index in [1.807, 2.05) is 54.6 Å². The molecule has 6 heteroatoms. The summed E-state index contributed by atoms with van der Waals surface area (Å²) in [6.45, 7) is 2.09. The first-order valence-electron chi connectivity index (χ1n) is 9.96. The molecule has 0 bridgehead atoms. The average Bonchev–Trinajstić information content (AvgIpc) is 3.04. The van der Waals surface area contributed by atoms with Crippen LogP contribution in [-0.2, 0) is 16.0 Å². The molecular formula is C25H22N2O3S. The fraction of sp³-hybridized carbons (Fsp3) is 0.120. The minimum Gasteiger partial charge on any atom is -0.497 e. The number of anilines is 2. The lowest BCUT2D eigenvalue weighted by molar-refractivity contribution is -0.120. The van der Waals surface area contributed by atoms with Gasteiger partial charge >= 0.3 is 0 Å². The summed E-state index contributed by atoms with van der Waals surface area (Å²) in [4.78, 5) is 29.1. The molecule has 0 aliphatic carbocycles. The molecule has 0 aromatic heterocycles. The quantitative estimate of drug-likeness (QED) is 0.519. The van der Waals surface area contributed by atoms with Gasteiger partial charge in [-0.05, 0) is 60.5 Å². The van der Waals surface area contributed by atoms with E-state index in [2.05, 4.69) is 12.2 Å². The lowest BCUT2D eigenvalue weighted by Crippen LogP contribution is -2.32. The standard InChI is InChI=1S/C25H22N2O3S/c1-3-17-9-11-18(12-10-17)26-22-23(31-21-7-5-4-6-8-21)25(29)27(24(22)28)19-13-15-20(30-2)16-14-19/h4-16,26H,3H2,1-2H3. The number of hydrogen-bond acceptors (Lipinski definition) is 5. The van der Waals surface area contributed by atoms with Crippen LogP contribution in [0.4, 0.5) is 11.4 Å². The highest BCUT2D eigenvalue weighted by Crippen LogP contribution is 2.38. The molecule has 4 rings (SSSR count). The van der Waals surface area contributed by atoms with Gasteiger partial charge < -0.3 is 10.1 Å². The number of imide groups is 1. The van der Waals surface area contributed by atoms with E-state index in [0.717, 1.165) is 17.0 Å². The Morgan fingerprint density at radius 2 is 1.55 bits per heavy atom. The fourth-order valence-electron chi connectivity index (χ4n) is 3.25. The molecule has 0 unspecified atom stereocenters. The summed E-state index contributed by atoms with van der Waals surface area (Å²) in [5, 5.41) is 3.19. The third kappa shape index (κ3) is 4.34.